The van der Waals surface area contributed by atoms with Crippen molar-refractivity contribution in [3.8, 4) is 17.0 Å². The number of hydrogen-bond acceptors (Lipinski definition) is 6. The smallest absolute Gasteiger partial charge is 0.228 e. The number of Topliss-reactive ketones (excluding diaryl/α,β-unsaturated/α-hetero) is 1. The van der Waals surface area contributed by atoms with Crippen molar-refractivity contribution in [1.82, 2.24) is 15.3 Å². The summed E-state index contributed by atoms with van der Waals surface area (Å²) in [7, 11) is 0. The fourth-order valence-electron chi connectivity index (χ4n) is 4.28. The van der Waals surface area contributed by atoms with Gasteiger partial charge in [0.2, 0.25) is 5.91 Å². The van der Waals surface area contributed by atoms with Crippen LogP contribution < -0.4 is 10.1 Å². The van der Waals surface area contributed by atoms with Crippen LogP contribution in [0.4, 0.5) is 0 Å². The Morgan fingerprint density at radius 1 is 1.25 bits per heavy atom. The van der Waals surface area contributed by atoms with Crippen molar-refractivity contribution in [3.63, 3.8) is 0 Å². The van der Waals surface area contributed by atoms with Crippen LogP contribution in [0.25, 0.3) is 11.3 Å². The number of fused-ring (bicyclic) bond motifs is 2. The molecular formula is C24H20ClN3O3S. The van der Waals surface area contributed by atoms with Gasteiger partial charge in [-0.15, -0.1) is 0 Å². The summed E-state index contributed by atoms with van der Waals surface area (Å²) in [4.78, 5) is 33.7. The largest absolute Gasteiger partial charge is 0.486 e. The summed E-state index contributed by atoms with van der Waals surface area (Å²) in [6, 6.07) is 13.0. The molecule has 32 heavy (non-hydrogen) atoms. The molecular weight excluding hydrogens is 446 g/mol. The van der Waals surface area contributed by atoms with Gasteiger partial charge in [0.1, 0.15) is 11.9 Å². The Morgan fingerprint density at radius 3 is 2.94 bits per heavy atom. The van der Waals surface area contributed by atoms with Crippen LogP contribution in [0, 0.1) is 0 Å². The van der Waals surface area contributed by atoms with E-state index in [1.807, 2.05) is 42.7 Å². The molecule has 8 heteroatoms. The fourth-order valence-corrected chi connectivity index (χ4v) is 4.92. The topological polar surface area (TPSA) is 81.2 Å². The number of nitrogens with zero attached hydrogens (tertiary/aromatic N) is 2. The van der Waals surface area contributed by atoms with E-state index in [4.69, 9.17) is 16.3 Å². The second-order valence-electron chi connectivity index (χ2n) is 7.83. The van der Waals surface area contributed by atoms with Crippen LogP contribution in [0.3, 0.4) is 0 Å². The number of ketones is 1. The zero-order chi connectivity index (χ0) is 22.2. The average molecular weight is 466 g/mol. The highest BCUT2D eigenvalue weighted by atomic mass is 35.5. The number of hydrogen-bond donors (Lipinski definition) is 1. The van der Waals surface area contributed by atoms with Crippen LogP contribution in [0.1, 0.15) is 33.8 Å². The minimum atomic E-state index is -0.443. The number of ether oxygens (including phenoxy) is 1. The monoisotopic (exact) mass is 465 g/mol. The summed E-state index contributed by atoms with van der Waals surface area (Å²) in [6.07, 6.45) is 4.28. The Bertz CT molecular complexity index is 1230. The Kier molecular flexibility index (Phi) is 5.61. The van der Waals surface area contributed by atoms with Crippen LogP contribution >= 0.6 is 23.4 Å². The molecule has 2 aliphatic rings. The molecule has 3 aromatic rings. The average Bonchev–Trinajstić information content (AvgIpc) is 3.39. The van der Waals surface area contributed by atoms with Crippen LogP contribution in [-0.4, -0.2) is 40.6 Å². The molecule has 0 spiro atoms. The minimum Gasteiger partial charge on any atom is -0.486 e. The summed E-state index contributed by atoms with van der Waals surface area (Å²) in [5, 5.41) is 4.18. The van der Waals surface area contributed by atoms with Gasteiger partial charge >= 0.3 is 0 Å². The SMILES string of the molecule is CSc1nccc(-c2cc(Cl)c3c(c2)CC(CNC(=O)C2CC(=O)c4ccccc42)O3)n1. The van der Waals surface area contributed by atoms with E-state index < -0.39 is 5.92 Å². The predicted molar refractivity (Wildman–Crippen MR) is 124 cm³/mol. The van der Waals surface area contributed by atoms with E-state index in [2.05, 4.69) is 15.3 Å². The van der Waals surface area contributed by atoms with Gasteiger partial charge in [-0.25, -0.2) is 9.97 Å². The summed E-state index contributed by atoms with van der Waals surface area (Å²) in [5.41, 5.74) is 4.13. The first-order chi connectivity index (χ1) is 15.5. The number of carbonyl (C=O) groups is 2. The van der Waals surface area contributed by atoms with E-state index in [9.17, 15) is 9.59 Å². The highest BCUT2D eigenvalue weighted by molar-refractivity contribution is 7.98. The molecule has 1 N–H and O–H groups in total. The molecule has 1 aromatic heterocycles. The molecule has 1 aliphatic heterocycles. The van der Waals surface area contributed by atoms with Crippen molar-refractivity contribution in [1.29, 1.82) is 0 Å². The molecule has 1 aliphatic carbocycles. The summed E-state index contributed by atoms with van der Waals surface area (Å²) >= 11 is 7.99. The molecule has 2 heterocycles. The van der Waals surface area contributed by atoms with Crippen molar-refractivity contribution in [2.75, 3.05) is 12.8 Å². The Morgan fingerprint density at radius 2 is 2.09 bits per heavy atom. The van der Waals surface area contributed by atoms with Crippen molar-refractivity contribution >= 4 is 35.1 Å². The number of thioether (sulfide) groups is 1. The van der Waals surface area contributed by atoms with Crippen LogP contribution in [0.5, 0.6) is 5.75 Å². The Labute approximate surface area is 194 Å². The predicted octanol–water partition coefficient (Wildman–Crippen LogP) is 4.31. The first kappa shape index (κ1) is 21.0. The minimum absolute atomic E-state index is 0.0129. The number of aromatic nitrogens is 2. The molecule has 2 atom stereocenters. The van der Waals surface area contributed by atoms with Gasteiger partial charge in [-0.3, -0.25) is 9.59 Å². The van der Waals surface area contributed by atoms with E-state index >= 15 is 0 Å². The van der Waals surface area contributed by atoms with E-state index in [-0.39, 0.29) is 24.2 Å². The number of rotatable bonds is 5. The lowest BCUT2D eigenvalue weighted by Crippen LogP contribution is -2.37. The van der Waals surface area contributed by atoms with Gasteiger partial charge in [-0.05, 0) is 30.0 Å². The highest BCUT2D eigenvalue weighted by Gasteiger charge is 2.34. The molecule has 0 radical (unpaired) electrons. The third-order valence-electron chi connectivity index (χ3n) is 5.81. The first-order valence-corrected chi connectivity index (χ1v) is 11.9. The van der Waals surface area contributed by atoms with Crippen molar-refractivity contribution in [2.45, 2.75) is 30.0 Å². The normalized spacial score (nSPS) is 18.8. The summed E-state index contributed by atoms with van der Waals surface area (Å²) in [6.45, 7) is 0.343. The van der Waals surface area contributed by atoms with Gasteiger partial charge in [0.05, 0.1) is 23.2 Å². The lowest BCUT2D eigenvalue weighted by atomic mass is 10.0. The van der Waals surface area contributed by atoms with Gasteiger partial charge in [-0.2, -0.15) is 0 Å². The third-order valence-corrected chi connectivity index (χ3v) is 6.65. The lowest BCUT2D eigenvalue weighted by molar-refractivity contribution is -0.122. The zero-order valence-corrected chi connectivity index (χ0v) is 18.9. The third kappa shape index (κ3) is 3.87. The molecule has 162 valence electrons. The number of amides is 1. The Balaban J connectivity index is 1.27. The second-order valence-corrected chi connectivity index (χ2v) is 9.01. The maximum atomic E-state index is 12.8. The maximum Gasteiger partial charge on any atom is 0.228 e. The standard InChI is InChI=1S/C24H20ClN3O3S/c1-32-24-26-7-6-20(28-24)13-8-14-9-15(31-22(14)19(25)10-13)12-27-23(30)18-11-21(29)17-5-3-2-4-16(17)18/h2-8,10,15,18H,9,11-12H2,1H3,(H,27,30). The number of halogens is 1. The van der Waals surface area contributed by atoms with Crippen LogP contribution in [-0.2, 0) is 11.2 Å². The zero-order valence-electron chi connectivity index (χ0n) is 17.3. The molecule has 6 nitrogen and oxygen atoms in total. The molecule has 1 amide bonds. The van der Waals surface area contributed by atoms with E-state index in [0.717, 1.165) is 22.4 Å². The highest BCUT2D eigenvalue weighted by Crippen LogP contribution is 2.39. The van der Waals surface area contributed by atoms with Gasteiger partial charge in [0.25, 0.3) is 0 Å². The van der Waals surface area contributed by atoms with E-state index in [1.165, 1.54) is 11.8 Å². The molecule has 0 bridgehead atoms. The molecule has 0 fully saturated rings. The van der Waals surface area contributed by atoms with Crippen LogP contribution in [0.15, 0.2) is 53.8 Å². The van der Waals surface area contributed by atoms with Gasteiger partial charge in [-0.1, -0.05) is 47.6 Å². The molecule has 5 rings (SSSR count). The molecule has 0 saturated heterocycles. The van der Waals surface area contributed by atoms with Crippen molar-refractivity contribution in [2.24, 2.45) is 0 Å². The van der Waals surface area contributed by atoms with Crippen molar-refractivity contribution < 1.29 is 14.3 Å². The number of carbonyl (C=O) groups excluding carboxylic acids is 2. The molecule has 2 unspecified atom stereocenters. The van der Waals surface area contributed by atoms with Gasteiger partial charge in [0.15, 0.2) is 10.9 Å². The second kappa shape index (κ2) is 8.56. The van der Waals surface area contributed by atoms with Crippen molar-refractivity contribution in [3.05, 3.63) is 70.4 Å². The quantitative estimate of drug-likeness (QED) is 0.446. The van der Waals surface area contributed by atoms with Gasteiger partial charge < -0.3 is 10.1 Å². The van der Waals surface area contributed by atoms with E-state index in [0.29, 0.717) is 34.5 Å². The lowest BCUT2D eigenvalue weighted by Gasteiger charge is -2.15. The maximum absolute atomic E-state index is 12.8. The van der Waals surface area contributed by atoms with Gasteiger partial charge in [0, 0.05) is 35.7 Å². The summed E-state index contributed by atoms with van der Waals surface area (Å²) in [5.74, 6) is 0.0652. The first-order valence-electron chi connectivity index (χ1n) is 10.3. The van der Waals surface area contributed by atoms with Crippen LogP contribution in [0.2, 0.25) is 5.02 Å². The van der Waals surface area contributed by atoms with E-state index in [1.54, 1.807) is 12.3 Å². The molecule has 2 aromatic carbocycles. The molecule has 0 saturated carbocycles. The number of benzene rings is 2. The summed E-state index contributed by atoms with van der Waals surface area (Å²) < 4.78 is 6.03. The Hall–Kier alpha value is -2.90. The fraction of sp³-hybridized carbons (Fsp3) is 0.250. The number of nitrogens with one attached hydrogen (secondary N) is 1.